The highest BCUT2D eigenvalue weighted by Gasteiger charge is 2.40. The van der Waals surface area contributed by atoms with Crippen molar-refractivity contribution in [3.05, 3.63) is 0 Å². The van der Waals surface area contributed by atoms with Crippen molar-refractivity contribution in [1.29, 1.82) is 0 Å². The van der Waals surface area contributed by atoms with Gasteiger partial charge < -0.3 is 5.73 Å². The first kappa shape index (κ1) is 9.93. The standard InChI is InChI=1S/C10H19N3O/c11-10(5-4-6-10)9(14)12-13-7-2-1-3-8-13/h1-8,11H2,(H,12,14). The predicted molar refractivity (Wildman–Crippen MR) is 54.3 cm³/mol. The van der Waals surface area contributed by atoms with Gasteiger partial charge in [0, 0.05) is 13.1 Å². The Morgan fingerprint density at radius 1 is 1.14 bits per heavy atom. The second-order valence-electron chi connectivity index (χ2n) is 4.50. The van der Waals surface area contributed by atoms with Gasteiger partial charge in [0.25, 0.3) is 5.91 Å². The van der Waals surface area contributed by atoms with E-state index in [1.807, 2.05) is 5.01 Å². The molecule has 14 heavy (non-hydrogen) atoms. The van der Waals surface area contributed by atoms with Crippen LogP contribution in [0.1, 0.15) is 38.5 Å². The molecule has 1 aliphatic heterocycles. The van der Waals surface area contributed by atoms with Crippen molar-refractivity contribution in [1.82, 2.24) is 10.4 Å². The van der Waals surface area contributed by atoms with E-state index in [1.165, 1.54) is 19.3 Å². The SMILES string of the molecule is NC1(C(=O)NN2CCCCC2)CCC1. The molecule has 1 amide bonds. The number of nitrogens with two attached hydrogens (primary N) is 1. The lowest BCUT2D eigenvalue weighted by Gasteiger charge is -2.38. The molecule has 1 aliphatic carbocycles. The molecule has 3 N–H and O–H groups in total. The van der Waals surface area contributed by atoms with Crippen molar-refractivity contribution in [2.24, 2.45) is 5.73 Å². The van der Waals surface area contributed by atoms with Crippen LogP contribution >= 0.6 is 0 Å². The van der Waals surface area contributed by atoms with Crippen LogP contribution in [0.5, 0.6) is 0 Å². The molecule has 4 nitrogen and oxygen atoms in total. The summed E-state index contributed by atoms with van der Waals surface area (Å²) in [6.07, 6.45) is 6.40. The number of nitrogens with zero attached hydrogens (tertiary/aromatic N) is 1. The van der Waals surface area contributed by atoms with Crippen LogP contribution in [0.3, 0.4) is 0 Å². The Balaban J connectivity index is 1.81. The van der Waals surface area contributed by atoms with Gasteiger partial charge in [-0.1, -0.05) is 6.42 Å². The summed E-state index contributed by atoms with van der Waals surface area (Å²) in [5, 5.41) is 2.01. The highest BCUT2D eigenvalue weighted by Crippen LogP contribution is 2.29. The van der Waals surface area contributed by atoms with Gasteiger partial charge in [-0.15, -0.1) is 0 Å². The largest absolute Gasteiger partial charge is 0.317 e. The van der Waals surface area contributed by atoms with Crippen LogP contribution in [-0.2, 0) is 4.79 Å². The summed E-state index contributed by atoms with van der Waals surface area (Å²) in [6.45, 7) is 1.95. The molecule has 0 unspecified atom stereocenters. The van der Waals surface area contributed by atoms with Crippen LogP contribution in [0.2, 0.25) is 0 Å². The van der Waals surface area contributed by atoms with Gasteiger partial charge in [0.05, 0.1) is 5.54 Å². The van der Waals surface area contributed by atoms with E-state index in [0.717, 1.165) is 32.4 Å². The van der Waals surface area contributed by atoms with E-state index in [0.29, 0.717) is 0 Å². The minimum Gasteiger partial charge on any atom is -0.317 e. The molecule has 2 fully saturated rings. The molecule has 80 valence electrons. The Hall–Kier alpha value is -0.610. The number of carbonyl (C=O) groups excluding carboxylic acids is 1. The number of rotatable bonds is 2. The average Bonchev–Trinajstić information content (AvgIpc) is 2.15. The van der Waals surface area contributed by atoms with Gasteiger partial charge in [-0.2, -0.15) is 0 Å². The molecule has 1 saturated heterocycles. The Kier molecular flexibility index (Phi) is 2.74. The zero-order chi connectivity index (χ0) is 10.0. The summed E-state index contributed by atoms with van der Waals surface area (Å²) >= 11 is 0. The predicted octanol–water partition coefficient (Wildman–Crippen LogP) is 0.385. The molecular formula is C10H19N3O. The van der Waals surface area contributed by atoms with Gasteiger partial charge in [0.2, 0.25) is 0 Å². The van der Waals surface area contributed by atoms with E-state index in [-0.39, 0.29) is 5.91 Å². The van der Waals surface area contributed by atoms with E-state index >= 15 is 0 Å². The van der Waals surface area contributed by atoms with Crippen LogP contribution in [0, 0.1) is 0 Å². The monoisotopic (exact) mass is 197 g/mol. The van der Waals surface area contributed by atoms with Gasteiger partial charge in [0.1, 0.15) is 0 Å². The summed E-state index contributed by atoms with van der Waals surface area (Å²) < 4.78 is 0. The van der Waals surface area contributed by atoms with Crippen molar-refractivity contribution in [2.45, 2.75) is 44.1 Å². The van der Waals surface area contributed by atoms with Crippen molar-refractivity contribution in [2.75, 3.05) is 13.1 Å². The average molecular weight is 197 g/mol. The van der Waals surface area contributed by atoms with E-state index in [4.69, 9.17) is 5.73 Å². The fourth-order valence-corrected chi connectivity index (χ4v) is 2.05. The second kappa shape index (κ2) is 3.87. The highest BCUT2D eigenvalue weighted by molar-refractivity contribution is 5.86. The highest BCUT2D eigenvalue weighted by atomic mass is 16.2. The summed E-state index contributed by atoms with van der Waals surface area (Å²) in [4.78, 5) is 11.7. The third-order valence-corrected chi connectivity index (χ3v) is 3.31. The third kappa shape index (κ3) is 1.91. The number of hydrogen-bond acceptors (Lipinski definition) is 3. The first-order valence-electron chi connectivity index (χ1n) is 5.56. The first-order chi connectivity index (χ1) is 6.71. The van der Waals surface area contributed by atoms with E-state index < -0.39 is 5.54 Å². The lowest BCUT2D eigenvalue weighted by atomic mass is 9.77. The maximum atomic E-state index is 11.7. The normalized spacial score (nSPS) is 26.6. The van der Waals surface area contributed by atoms with E-state index in [9.17, 15) is 4.79 Å². The number of nitrogens with one attached hydrogen (secondary N) is 1. The molecule has 0 atom stereocenters. The van der Waals surface area contributed by atoms with Gasteiger partial charge >= 0.3 is 0 Å². The number of hydrazine groups is 1. The molecule has 1 heterocycles. The van der Waals surface area contributed by atoms with Crippen LogP contribution in [0.4, 0.5) is 0 Å². The molecular weight excluding hydrogens is 178 g/mol. The van der Waals surface area contributed by atoms with Crippen LogP contribution in [-0.4, -0.2) is 29.5 Å². The summed E-state index contributed by atoms with van der Waals surface area (Å²) in [5.41, 5.74) is 8.30. The van der Waals surface area contributed by atoms with Crippen molar-refractivity contribution in [3.8, 4) is 0 Å². The number of amides is 1. The van der Waals surface area contributed by atoms with Crippen molar-refractivity contribution >= 4 is 5.91 Å². The fraction of sp³-hybridized carbons (Fsp3) is 0.900. The lowest BCUT2D eigenvalue weighted by Crippen LogP contribution is -2.62. The summed E-state index contributed by atoms with van der Waals surface area (Å²) in [7, 11) is 0. The maximum Gasteiger partial charge on any atom is 0.254 e. The van der Waals surface area contributed by atoms with Gasteiger partial charge in [-0.25, -0.2) is 5.01 Å². The van der Waals surface area contributed by atoms with Gasteiger partial charge in [-0.05, 0) is 32.1 Å². The number of carbonyl (C=O) groups is 1. The molecule has 4 heteroatoms. The minimum atomic E-state index is -0.558. The quantitative estimate of drug-likeness (QED) is 0.673. The van der Waals surface area contributed by atoms with Crippen LogP contribution < -0.4 is 11.2 Å². The molecule has 0 bridgehead atoms. The summed E-state index contributed by atoms with van der Waals surface area (Å²) in [6, 6.07) is 0. The number of hydrogen-bond donors (Lipinski definition) is 2. The smallest absolute Gasteiger partial charge is 0.254 e. The van der Waals surface area contributed by atoms with Crippen molar-refractivity contribution in [3.63, 3.8) is 0 Å². The Morgan fingerprint density at radius 2 is 1.79 bits per heavy atom. The third-order valence-electron chi connectivity index (χ3n) is 3.31. The van der Waals surface area contributed by atoms with Crippen LogP contribution in [0.15, 0.2) is 0 Å². The minimum absolute atomic E-state index is 0.0191. The zero-order valence-electron chi connectivity index (χ0n) is 8.59. The molecule has 1 saturated carbocycles. The second-order valence-corrected chi connectivity index (χ2v) is 4.50. The van der Waals surface area contributed by atoms with Crippen LogP contribution in [0.25, 0.3) is 0 Å². The van der Waals surface area contributed by atoms with Crippen molar-refractivity contribution < 1.29 is 4.79 Å². The van der Waals surface area contributed by atoms with E-state index in [2.05, 4.69) is 5.43 Å². The summed E-state index contributed by atoms with van der Waals surface area (Å²) in [5.74, 6) is 0.0191. The van der Waals surface area contributed by atoms with Gasteiger partial charge in [0.15, 0.2) is 0 Å². The molecule has 0 aromatic carbocycles. The number of piperidine rings is 1. The molecule has 2 aliphatic rings. The molecule has 2 rings (SSSR count). The van der Waals surface area contributed by atoms with Gasteiger partial charge in [-0.3, -0.25) is 10.2 Å². The molecule has 0 aromatic heterocycles. The molecule has 0 radical (unpaired) electrons. The topological polar surface area (TPSA) is 58.4 Å². The van der Waals surface area contributed by atoms with E-state index in [1.54, 1.807) is 0 Å². The lowest BCUT2D eigenvalue weighted by molar-refractivity contribution is -0.134. The molecule has 0 aromatic rings. The Morgan fingerprint density at radius 3 is 2.29 bits per heavy atom. The Labute approximate surface area is 84.8 Å². The Bertz CT molecular complexity index is 219. The first-order valence-corrected chi connectivity index (χ1v) is 5.56. The molecule has 0 spiro atoms. The maximum absolute atomic E-state index is 11.7. The zero-order valence-corrected chi connectivity index (χ0v) is 8.59. The fourth-order valence-electron chi connectivity index (χ4n) is 2.05.